The lowest BCUT2D eigenvalue weighted by Crippen LogP contribution is -2.69. The molecule has 0 radical (unpaired) electrons. The first-order valence-corrected chi connectivity index (χ1v) is 18.0. The molecule has 1 nitrogen and oxygen atoms in total. The number of rotatable bonds is 5. The lowest BCUT2D eigenvalue weighted by atomic mass is 10.8. The zero-order chi connectivity index (χ0) is 13.4. The van der Waals surface area contributed by atoms with E-state index in [1.54, 1.807) is 0 Å². The first kappa shape index (κ1) is 16.8. The molecule has 0 aliphatic heterocycles. The van der Waals surface area contributed by atoms with Gasteiger partial charge in [0.15, 0.2) is 0 Å². The molecule has 0 heterocycles. The van der Waals surface area contributed by atoms with Gasteiger partial charge in [-0.05, 0) is 10.8 Å². The largest absolute Gasteiger partial charge is 0.345 e. The maximum Gasteiger partial charge on any atom is 0.0749 e. The molecule has 0 spiro atoms. The monoisotopic (exact) mass is 291 g/mol. The van der Waals surface area contributed by atoms with Crippen molar-refractivity contribution in [3.05, 3.63) is 0 Å². The molecule has 0 unspecified atom stereocenters. The van der Waals surface area contributed by atoms with Crippen LogP contribution in [0.3, 0.4) is 0 Å². The summed E-state index contributed by atoms with van der Waals surface area (Å²) in [5.74, 6) is 0. The third-order valence-corrected chi connectivity index (χ3v) is 26.3. The minimum Gasteiger partial charge on any atom is -0.345 e. The molecule has 0 rings (SSSR count). The van der Waals surface area contributed by atoms with Crippen LogP contribution in [-0.4, -0.2) is 41.2 Å². The predicted molar refractivity (Wildman–Crippen MR) is 90.7 cm³/mol. The molecule has 5 heteroatoms. The molecule has 0 aromatic rings. The Labute approximate surface area is 109 Å². The van der Waals surface area contributed by atoms with Gasteiger partial charge in [0.05, 0.1) is 10.4 Å². The van der Waals surface area contributed by atoms with Gasteiger partial charge >= 0.3 is 0 Å². The van der Waals surface area contributed by atoms with E-state index in [-0.39, 0.29) is 0 Å². The minimum absolute atomic E-state index is 0.703. The van der Waals surface area contributed by atoms with Crippen molar-refractivity contribution in [2.75, 3.05) is 6.54 Å². The molecule has 98 valence electrons. The molecule has 0 saturated heterocycles. The molecule has 0 fully saturated rings. The molecule has 1 N–H and O–H groups in total. The Morgan fingerprint density at radius 1 is 0.750 bits per heavy atom. The lowest BCUT2D eigenvalue weighted by molar-refractivity contribution is 0.832. The quantitative estimate of drug-likeness (QED) is 0.768. The van der Waals surface area contributed by atoms with Crippen LogP contribution in [0.25, 0.3) is 0 Å². The summed E-state index contributed by atoms with van der Waals surface area (Å²) in [6.45, 7) is 24.7. The Hall–Kier alpha value is 0.828. The molecule has 0 atom stereocenters. The van der Waals surface area contributed by atoms with E-state index in [0.717, 1.165) is 10.4 Å². The number of hydrogen-bond acceptors (Lipinski definition) is 1. The highest BCUT2D eigenvalue weighted by Crippen LogP contribution is 2.53. The molecule has 0 aliphatic rings. The molecule has 0 aliphatic carbocycles. The first-order valence-electron chi connectivity index (χ1n) is 6.46. The van der Waals surface area contributed by atoms with Crippen LogP contribution in [0.15, 0.2) is 0 Å². The van der Waals surface area contributed by atoms with Gasteiger partial charge in [0.1, 0.15) is 0 Å². The number of hydrogen-bond donors (Lipinski definition) is 1. The van der Waals surface area contributed by atoms with E-state index >= 15 is 0 Å². The minimum atomic E-state index is -1.15. The normalized spacial score (nSPS) is 15.6. The van der Waals surface area contributed by atoms with Gasteiger partial charge in [0.2, 0.25) is 0 Å². The fourth-order valence-electron chi connectivity index (χ4n) is 4.44. The summed E-state index contributed by atoms with van der Waals surface area (Å²) in [5.41, 5.74) is 0. The summed E-state index contributed by atoms with van der Waals surface area (Å²) in [6.07, 6.45) is 0. The van der Waals surface area contributed by atoms with Gasteiger partial charge in [0.25, 0.3) is 0 Å². The molecule has 0 bridgehead atoms. The Bertz CT molecular complexity index is 196. The van der Waals surface area contributed by atoms with E-state index in [0.29, 0.717) is 4.28 Å². The van der Waals surface area contributed by atoms with Crippen molar-refractivity contribution in [1.29, 1.82) is 0 Å². The molecule has 0 saturated carbocycles. The van der Waals surface area contributed by atoms with Crippen LogP contribution in [0.4, 0.5) is 0 Å². The third-order valence-electron chi connectivity index (χ3n) is 4.28. The topological polar surface area (TPSA) is 12.0 Å². The lowest BCUT2D eigenvalue weighted by Gasteiger charge is -2.59. The van der Waals surface area contributed by atoms with E-state index in [1.807, 2.05) is 0 Å². The standard InChI is InChI=1S/C11H33NSi4/c1-14(2,3)11(10-12-13,15(4,5)6)16(7,8)9/h12H,10H2,1-9,13H3. The van der Waals surface area contributed by atoms with Gasteiger partial charge in [-0.2, -0.15) is 0 Å². The van der Waals surface area contributed by atoms with Crippen LogP contribution in [0, 0.1) is 0 Å². The molecule has 0 aromatic heterocycles. The fourth-order valence-corrected chi connectivity index (χ4v) is 35.1. The van der Waals surface area contributed by atoms with Crippen LogP contribution in [0.2, 0.25) is 63.2 Å². The van der Waals surface area contributed by atoms with Crippen molar-refractivity contribution in [2.24, 2.45) is 0 Å². The van der Waals surface area contributed by atoms with Gasteiger partial charge in [0, 0.05) is 24.2 Å². The molecular formula is C11H33NSi4. The van der Waals surface area contributed by atoms with Crippen LogP contribution < -0.4 is 4.98 Å². The summed E-state index contributed by atoms with van der Waals surface area (Å²) >= 11 is 0. The van der Waals surface area contributed by atoms with Crippen molar-refractivity contribution >= 4 is 34.6 Å². The fraction of sp³-hybridized carbons (Fsp3) is 1.00. The second kappa shape index (κ2) is 4.83. The molecule has 0 aromatic carbocycles. The Kier molecular flexibility index (Phi) is 5.08. The van der Waals surface area contributed by atoms with Crippen molar-refractivity contribution in [1.82, 2.24) is 4.98 Å². The second-order valence-corrected chi connectivity index (χ2v) is 26.5. The van der Waals surface area contributed by atoms with E-state index in [1.165, 1.54) is 6.54 Å². The average molecular weight is 292 g/mol. The molecule has 0 amide bonds. The summed E-state index contributed by atoms with van der Waals surface area (Å²) in [7, 11) is -2.30. The van der Waals surface area contributed by atoms with E-state index < -0.39 is 24.2 Å². The van der Waals surface area contributed by atoms with Gasteiger partial charge in [-0.1, -0.05) is 58.9 Å². The summed E-state index contributed by atoms with van der Waals surface area (Å²) in [6, 6.07) is 0. The highest BCUT2D eigenvalue weighted by molar-refractivity contribution is 7.15. The van der Waals surface area contributed by atoms with Gasteiger partial charge < -0.3 is 4.98 Å². The SMILES string of the molecule is C[Si](C)(C)C(CN[SiH3])([Si](C)(C)C)[Si](C)(C)C. The second-order valence-electron chi connectivity index (χ2n) is 8.19. The Morgan fingerprint density at radius 2 is 1.00 bits per heavy atom. The van der Waals surface area contributed by atoms with Gasteiger partial charge in [-0.3, -0.25) is 0 Å². The van der Waals surface area contributed by atoms with E-state index in [4.69, 9.17) is 0 Å². The first-order chi connectivity index (χ1) is 6.81. The van der Waals surface area contributed by atoms with E-state index in [2.05, 4.69) is 63.9 Å². The molecule has 16 heavy (non-hydrogen) atoms. The maximum atomic E-state index is 3.67. The van der Waals surface area contributed by atoms with Crippen LogP contribution in [0.5, 0.6) is 0 Å². The van der Waals surface area contributed by atoms with Crippen molar-refractivity contribution in [3.8, 4) is 0 Å². The Morgan fingerprint density at radius 3 is 1.06 bits per heavy atom. The van der Waals surface area contributed by atoms with Gasteiger partial charge in [-0.25, -0.2) is 0 Å². The summed E-state index contributed by atoms with van der Waals surface area (Å²) < 4.78 is 0.703. The number of nitrogens with one attached hydrogen (secondary N) is 1. The van der Waals surface area contributed by atoms with Crippen molar-refractivity contribution in [2.45, 2.75) is 63.2 Å². The van der Waals surface area contributed by atoms with Crippen LogP contribution >= 0.6 is 0 Å². The summed E-state index contributed by atoms with van der Waals surface area (Å²) in [5, 5.41) is 0. The highest BCUT2D eigenvalue weighted by atomic mass is 28.5. The van der Waals surface area contributed by atoms with E-state index in [9.17, 15) is 0 Å². The third kappa shape index (κ3) is 2.80. The zero-order valence-corrected chi connectivity index (χ0v) is 18.2. The van der Waals surface area contributed by atoms with Crippen molar-refractivity contribution in [3.63, 3.8) is 0 Å². The smallest absolute Gasteiger partial charge is 0.0749 e. The van der Waals surface area contributed by atoms with Gasteiger partial charge in [-0.15, -0.1) is 0 Å². The Balaban J connectivity index is 5.82. The zero-order valence-electron chi connectivity index (χ0n) is 13.2. The maximum absolute atomic E-state index is 3.67. The van der Waals surface area contributed by atoms with Crippen LogP contribution in [0.1, 0.15) is 0 Å². The van der Waals surface area contributed by atoms with Crippen molar-refractivity contribution < 1.29 is 0 Å². The average Bonchev–Trinajstić information content (AvgIpc) is 1.91. The molecular weight excluding hydrogens is 258 g/mol. The predicted octanol–water partition coefficient (Wildman–Crippen LogP) is 2.69. The highest BCUT2D eigenvalue weighted by Gasteiger charge is 2.58. The van der Waals surface area contributed by atoms with Crippen LogP contribution in [-0.2, 0) is 0 Å². The summed E-state index contributed by atoms with van der Waals surface area (Å²) in [4.78, 5) is 3.67.